The number of nitro benzene ring substituents is 1. The Kier molecular flexibility index (Phi) is 3.91. The smallest absolute Gasteiger partial charge is 0.258 e. The van der Waals surface area contributed by atoms with Crippen LogP contribution in [0, 0.1) is 32.8 Å². The molecule has 0 bridgehead atoms. The maximum atomic E-state index is 10.9. The monoisotopic (exact) mass is 322 g/mol. The van der Waals surface area contributed by atoms with Crippen LogP contribution in [0.5, 0.6) is 0 Å². The highest BCUT2D eigenvalue weighted by atomic mass is 79.9. The molecular weight excluding hydrogens is 308 g/mol. The van der Waals surface area contributed by atoms with Gasteiger partial charge in [-0.2, -0.15) is 5.26 Å². The zero-order chi connectivity index (χ0) is 14.0. The first-order valence-electron chi connectivity index (χ1n) is 6.30. The topological polar surface area (TPSA) is 66.9 Å². The lowest BCUT2D eigenvalue weighted by atomic mass is 9.81. The third-order valence-corrected chi connectivity index (χ3v) is 4.79. The number of rotatable bonds is 3. The van der Waals surface area contributed by atoms with Gasteiger partial charge in [0.25, 0.3) is 5.69 Å². The van der Waals surface area contributed by atoms with Gasteiger partial charge in [-0.25, -0.2) is 0 Å². The summed E-state index contributed by atoms with van der Waals surface area (Å²) >= 11 is 3.31. The van der Waals surface area contributed by atoms with Crippen LogP contribution < -0.4 is 0 Å². The van der Waals surface area contributed by atoms with Crippen molar-refractivity contribution in [1.82, 2.24) is 0 Å². The van der Waals surface area contributed by atoms with Crippen LogP contribution in [0.1, 0.15) is 31.7 Å². The van der Waals surface area contributed by atoms with E-state index < -0.39 is 4.92 Å². The molecule has 1 fully saturated rings. The van der Waals surface area contributed by atoms with E-state index in [0.29, 0.717) is 16.8 Å². The van der Waals surface area contributed by atoms with E-state index in [1.54, 1.807) is 6.07 Å². The van der Waals surface area contributed by atoms with E-state index in [1.807, 2.05) is 6.07 Å². The highest BCUT2D eigenvalue weighted by Gasteiger charge is 2.38. The molecule has 0 radical (unpaired) electrons. The maximum absolute atomic E-state index is 10.9. The predicted octanol–water partition coefficient (Wildman–Crippen LogP) is 4.23. The number of nitro groups is 1. The largest absolute Gasteiger partial charge is 0.283 e. The van der Waals surface area contributed by atoms with Crippen molar-refractivity contribution in [2.45, 2.75) is 32.6 Å². The molecule has 0 N–H and O–H groups in total. The van der Waals surface area contributed by atoms with Gasteiger partial charge in [0.2, 0.25) is 0 Å². The molecule has 1 aromatic rings. The highest BCUT2D eigenvalue weighted by Crippen LogP contribution is 2.45. The molecule has 0 amide bonds. The van der Waals surface area contributed by atoms with Gasteiger partial charge in [-0.3, -0.25) is 10.1 Å². The van der Waals surface area contributed by atoms with E-state index in [9.17, 15) is 15.4 Å². The van der Waals surface area contributed by atoms with Crippen molar-refractivity contribution in [3.8, 4) is 6.07 Å². The summed E-state index contributed by atoms with van der Waals surface area (Å²) in [6.07, 6.45) is 3.38. The Bertz CT molecular complexity index is 553. The van der Waals surface area contributed by atoms with Crippen molar-refractivity contribution in [3.05, 3.63) is 38.3 Å². The Balaban J connectivity index is 2.31. The molecule has 1 saturated carbocycles. The molecular formula is C14H15BrN2O2. The van der Waals surface area contributed by atoms with Crippen LogP contribution >= 0.6 is 15.9 Å². The Morgan fingerprint density at radius 2 is 2.37 bits per heavy atom. The number of nitriles is 1. The van der Waals surface area contributed by atoms with Gasteiger partial charge in [0.15, 0.2) is 0 Å². The minimum absolute atomic E-state index is 0.0663. The molecule has 0 saturated heterocycles. The fourth-order valence-corrected chi connectivity index (χ4v) is 3.45. The second kappa shape index (κ2) is 5.30. The molecule has 5 heteroatoms. The highest BCUT2D eigenvalue weighted by molar-refractivity contribution is 9.10. The third-order valence-electron chi connectivity index (χ3n) is 3.88. The number of benzene rings is 1. The molecule has 19 heavy (non-hydrogen) atoms. The van der Waals surface area contributed by atoms with Crippen molar-refractivity contribution in [2.24, 2.45) is 11.3 Å². The Morgan fingerprint density at radius 3 is 2.89 bits per heavy atom. The second-order valence-corrected chi connectivity index (χ2v) is 6.22. The summed E-state index contributed by atoms with van der Waals surface area (Å²) in [6, 6.07) is 7.46. The molecule has 1 aromatic carbocycles. The van der Waals surface area contributed by atoms with Crippen molar-refractivity contribution >= 4 is 21.6 Å². The summed E-state index contributed by atoms with van der Waals surface area (Å²) < 4.78 is 0.508. The van der Waals surface area contributed by atoms with Crippen LogP contribution in [0.4, 0.5) is 5.69 Å². The minimum Gasteiger partial charge on any atom is -0.258 e. The Morgan fingerprint density at radius 1 is 1.63 bits per heavy atom. The summed E-state index contributed by atoms with van der Waals surface area (Å²) in [7, 11) is 0. The lowest BCUT2D eigenvalue weighted by molar-refractivity contribution is -0.385. The quantitative estimate of drug-likeness (QED) is 0.617. The molecule has 4 nitrogen and oxygen atoms in total. The van der Waals surface area contributed by atoms with Gasteiger partial charge in [0.1, 0.15) is 0 Å². The van der Waals surface area contributed by atoms with Crippen LogP contribution in [-0.4, -0.2) is 4.92 Å². The zero-order valence-corrected chi connectivity index (χ0v) is 12.3. The van der Waals surface area contributed by atoms with Crippen molar-refractivity contribution in [3.63, 3.8) is 0 Å². The summed E-state index contributed by atoms with van der Waals surface area (Å²) in [5.74, 6) is 0.553. The van der Waals surface area contributed by atoms with Crippen molar-refractivity contribution < 1.29 is 4.92 Å². The minimum atomic E-state index is -0.399. The van der Waals surface area contributed by atoms with Crippen LogP contribution in [0.15, 0.2) is 22.7 Å². The first-order chi connectivity index (χ1) is 8.97. The molecule has 2 atom stereocenters. The van der Waals surface area contributed by atoms with Crippen LogP contribution in [0.25, 0.3) is 0 Å². The van der Waals surface area contributed by atoms with Gasteiger partial charge in [-0.05, 0) is 53.1 Å². The van der Waals surface area contributed by atoms with Gasteiger partial charge in [-0.1, -0.05) is 19.1 Å². The van der Waals surface area contributed by atoms with Gasteiger partial charge in [0, 0.05) is 6.07 Å². The molecule has 2 rings (SSSR count). The first kappa shape index (κ1) is 14.0. The number of halogens is 1. The van der Waals surface area contributed by atoms with E-state index in [-0.39, 0.29) is 11.1 Å². The fraction of sp³-hybridized carbons (Fsp3) is 0.500. The SMILES string of the molecule is CC1CCC(C#N)(Cc2cccc([N+](=O)[O-])c2Br)C1. The average Bonchev–Trinajstić information content (AvgIpc) is 2.74. The standard InChI is InChI=1S/C14H15BrN2O2/c1-10-5-6-14(7-10,9-16)8-11-3-2-4-12(13(11)15)17(18)19/h2-4,10H,5-8H2,1H3. The van der Waals surface area contributed by atoms with E-state index in [2.05, 4.69) is 28.9 Å². The Labute approximate surface area is 120 Å². The number of nitrogens with zero attached hydrogens (tertiary/aromatic N) is 2. The van der Waals surface area contributed by atoms with Gasteiger partial charge < -0.3 is 0 Å². The number of hydrogen-bond donors (Lipinski definition) is 0. The zero-order valence-electron chi connectivity index (χ0n) is 10.7. The number of hydrogen-bond acceptors (Lipinski definition) is 3. The average molecular weight is 323 g/mol. The Hall–Kier alpha value is -1.41. The summed E-state index contributed by atoms with van der Waals surface area (Å²) in [5.41, 5.74) is 0.554. The van der Waals surface area contributed by atoms with E-state index in [1.165, 1.54) is 6.07 Å². The van der Waals surface area contributed by atoms with Crippen LogP contribution in [0.2, 0.25) is 0 Å². The second-order valence-electron chi connectivity index (χ2n) is 5.42. The maximum Gasteiger partial charge on any atom is 0.283 e. The summed E-state index contributed by atoms with van der Waals surface area (Å²) in [6.45, 7) is 2.15. The van der Waals surface area contributed by atoms with Crippen LogP contribution in [-0.2, 0) is 6.42 Å². The van der Waals surface area contributed by atoms with Gasteiger partial charge in [-0.15, -0.1) is 0 Å². The van der Waals surface area contributed by atoms with Gasteiger partial charge in [0.05, 0.1) is 20.9 Å². The van der Waals surface area contributed by atoms with Crippen molar-refractivity contribution in [1.29, 1.82) is 5.26 Å². The molecule has 100 valence electrons. The summed E-state index contributed by atoms with van der Waals surface area (Å²) in [4.78, 5) is 10.5. The lowest BCUT2D eigenvalue weighted by Crippen LogP contribution is -2.18. The summed E-state index contributed by atoms with van der Waals surface area (Å²) in [5, 5.41) is 20.4. The molecule has 0 heterocycles. The molecule has 1 aliphatic rings. The lowest BCUT2D eigenvalue weighted by Gasteiger charge is -2.21. The fourth-order valence-electron chi connectivity index (χ4n) is 2.90. The predicted molar refractivity (Wildman–Crippen MR) is 75.6 cm³/mol. The first-order valence-corrected chi connectivity index (χ1v) is 7.10. The molecule has 1 aliphatic carbocycles. The third kappa shape index (κ3) is 2.79. The van der Waals surface area contributed by atoms with E-state index in [0.717, 1.165) is 24.8 Å². The molecule has 0 spiro atoms. The van der Waals surface area contributed by atoms with E-state index >= 15 is 0 Å². The molecule has 0 aromatic heterocycles. The van der Waals surface area contributed by atoms with Crippen molar-refractivity contribution in [2.75, 3.05) is 0 Å². The van der Waals surface area contributed by atoms with Gasteiger partial charge >= 0.3 is 0 Å². The molecule has 2 unspecified atom stereocenters. The molecule has 0 aliphatic heterocycles. The normalized spacial score (nSPS) is 26.1. The van der Waals surface area contributed by atoms with E-state index in [4.69, 9.17) is 0 Å². The van der Waals surface area contributed by atoms with Crippen LogP contribution in [0.3, 0.4) is 0 Å².